The van der Waals surface area contributed by atoms with Crippen LogP contribution in [-0.2, 0) is 6.54 Å². The highest BCUT2D eigenvalue weighted by molar-refractivity contribution is 5.94. The van der Waals surface area contributed by atoms with Crippen molar-refractivity contribution in [1.82, 2.24) is 30.0 Å². The van der Waals surface area contributed by atoms with E-state index in [1.807, 2.05) is 42.2 Å². The van der Waals surface area contributed by atoms with Crippen LogP contribution in [0.5, 0.6) is 0 Å². The van der Waals surface area contributed by atoms with Crippen molar-refractivity contribution in [3.8, 4) is 5.69 Å². The Labute approximate surface area is 158 Å². The Morgan fingerprint density at radius 1 is 0.963 bits per heavy atom. The van der Waals surface area contributed by atoms with Crippen LogP contribution in [-0.4, -0.2) is 62.1 Å². The molecule has 0 atom stereocenters. The lowest BCUT2D eigenvalue weighted by atomic mass is 10.1. The molecule has 0 radical (unpaired) electrons. The fraction of sp³-hybridized carbons (Fsp3) is 0.300. The minimum Gasteiger partial charge on any atom is -0.336 e. The molecular formula is C20H22N6O. The molecule has 0 saturated carbocycles. The van der Waals surface area contributed by atoms with E-state index < -0.39 is 0 Å². The third kappa shape index (κ3) is 3.88. The third-order valence-corrected chi connectivity index (χ3v) is 4.89. The van der Waals surface area contributed by atoms with Crippen LogP contribution in [0, 0.1) is 6.92 Å². The molecule has 0 bridgehead atoms. The van der Waals surface area contributed by atoms with E-state index in [4.69, 9.17) is 0 Å². The maximum atomic E-state index is 12.8. The van der Waals surface area contributed by atoms with Gasteiger partial charge in [0, 0.05) is 38.3 Å². The molecule has 0 N–H and O–H groups in total. The highest BCUT2D eigenvalue weighted by Crippen LogP contribution is 2.14. The summed E-state index contributed by atoms with van der Waals surface area (Å²) in [6, 6.07) is 17.9. The van der Waals surface area contributed by atoms with E-state index in [1.165, 1.54) is 5.56 Å². The van der Waals surface area contributed by atoms with Crippen molar-refractivity contribution in [2.45, 2.75) is 13.5 Å². The Morgan fingerprint density at radius 3 is 2.30 bits per heavy atom. The lowest BCUT2D eigenvalue weighted by Crippen LogP contribution is -2.48. The normalized spacial score (nSPS) is 15.1. The van der Waals surface area contributed by atoms with Crippen LogP contribution in [0.4, 0.5) is 0 Å². The largest absolute Gasteiger partial charge is 0.336 e. The molecule has 1 amide bonds. The molecule has 0 unspecified atom stereocenters. The number of tetrazole rings is 1. The number of carbonyl (C=O) groups excluding carboxylic acids is 1. The van der Waals surface area contributed by atoms with E-state index in [0.29, 0.717) is 11.4 Å². The number of carbonyl (C=O) groups is 1. The van der Waals surface area contributed by atoms with Crippen molar-refractivity contribution in [2.75, 3.05) is 26.2 Å². The third-order valence-electron chi connectivity index (χ3n) is 4.89. The van der Waals surface area contributed by atoms with Gasteiger partial charge in [0.25, 0.3) is 5.91 Å². The van der Waals surface area contributed by atoms with Crippen LogP contribution < -0.4 is 0 Å². The van der Waals surface area contributed by atoms with E-state index in [1.54, 1.807) is 4.68 Å². The van der Waals surface area contributed by atoms with E-state index in [2.05, 4.69) is 44.7 Å². The van der Waals surface area contributed by atoms with Crippen LogP contribution in [0.25, 0.3) is 5.69 Å². The predicted molar refractivity (Wildman–Crippen MR) is 102 cm³/mol. The molecule has 7 nitrogen and oxygen atoms in total. The molecule has 1 fully saturated rings. The maximum absolute atomic E-state index is 12.8. The van der Waals surface area contributed by atoms with Crippen molar-refractivity contribution in [3.05, 3.63) is 71.5 Å². The van der Waals surface area contributed by atoms with Gasteiger partial charge in [0.1, 0.15) is 0 Å². The van der Waals surface area contributed by atoms with Crippen LogP contribution in [0.1, 0.15) is 21.7 Å². The number of hydrogen-bond acceptors (Lipinski definition) is 5. The van der Waals surface area contributed by atoms with Gasteiger partial charge in [-0.25, -0.2) is 0 Å². The molecule has 27 heavy (non-hydrogen) atoms. The van der Waals surface area contributed by atoms with Gasteiger partial charge in [-0.3, -0.25) is 9.69 Å². The Bertz CT molecular complexity index is 898. The smallest absolute Gasteiger partial charge is 0.253 e. The standard InChI is InChI=1S/C20H22N6O/c1-16-21-22-23-26(16)19-9-7-18(8-10-19)20(27)25-13-11-24(12-14-25)15-17-5-3-2-4-6-17/h2-10H,11-15H2,1H3. The lowest BCUT2D eigenvalue weighted by molar-refractivity contribution is 0.0628. The average Bonchev–Trinajstić information content (AvgIpc) is 3.15. The second-order valence-electron chi connectivity index (χ2n) is 6.74. The first-order valence-electron chi connectivity index (χ1n) is 9.12. The summed E-state index contributed by atoms with van der Waals surface area (Å²) in [5, 5.41) is 11.5. The summed E-state index contributed by atoms with van der Waals surface area (Å²) in [4.78, 5) is 17.1. The number of rotatable bonds is 4. The Balaban J connectivity index is 1.36. The van der Waals surface area contributed by atoms with Gasteiger partial charge in [-0.05, 0) is 47.2 Å². The molecular weight excluding hydrogens is 340 g/mol. The fourth-order valence-electron chi connectivity index (χ4n) is 3.35. The molecule has 1 saturated heterocycles. The lowest BCUT2D eigenvalue weighted by Gasteiger charge is -2.34. The van der Waals surface area contributed by atoms with Gasteiger partial charge >= 0.3 is 0 Å². The summed E-state index contributed by atoms with van der Waals surface area (Å²) in [5.41, 5.74) is 2.86. The van der Waals surface area contributed by atoms with Gasteiger partial charge in [-0.2, -0.15) is 4.68 Å². The fourth-order valence-corrected chi connectivity index (χ4v) is 3.35. The molecule has 2 heterocycles. The predicted octanol–water partition coefficient (Wildman–Crippen LogP) is 1.93. The van der Waals surface area contributed by atoms with Gasteiger partial charge in [0.2, 0.25) is 0 Å². The Morgan fingerprint density at radius 2 is 1.67 bits per heavy atom. The summed E-state index contributed by atoms with van der Waals surface area (Å²) >= 11 is 0. The minimum atomic E-state index is 0.0781. The van der Waals surface area contributed by atoms with Crippen molar-refractivity contribution in [1.29, 1.82) is 0 Å². The molecule has 138 valence electrons. The molecule has 1 aliphatic heterocycles. The number of benzene rings is 2. The SMILES string of the molecule is Cc1nnnn1-c1ccc(C(=O)N2CCN(Cc3ccccc3)CC2)cc1. The monoisotopic (exact) mass is 362 g/mol. The molecule has 1 aliphatic rings. The first-order valence-corrected chi connectivity index (χ1v) is 9.12. The molecule has 2 aromatic carbocycles. The number of aryl methyl sites for hydroxylation is 1. The minimum absolute atomic E-state index is 0.0781. The number of nitrogens with zero attached hydrogens (tertiary/aromatic N) is 6. The van der Waals surface area contributed by atoms with Crippen molar-refractivity contribution < 1.29 is 4.79 Å². The zero-order valence-corrected chi connectivity index (χ0v) is 15.3. The van der Waals surface area contributed by atoms with Gasteiger partial charge < -0.3 is 4.90 Å². The van der Waals surface area contributed by atoms with E-state index in [0.717, 1.165) is 38.4 Å². The van der Waals surface area contributed by atoms with Crippen LogP contribution in [0.2, 0.25) is 0 Å². The van der Waals surface area contributed by atoms with Crippen LogP contribution >= 0.6 is 0 Å². The maximum Gasteiger partial charge on any atom is 0.253 e. The summed E-state index contributed by atoms with van der Waals surface area (Å²) in [6.07, 6.45) is 0. The quantitative estimate of drug-likeness (QED) is 0.709. The van der Waals surface area contributed by atoms with E-state index >= 15 is 0 Å². The summed E-state index contributed by atoms with van der Waals surface area (Å²) in [6.45, 7) is 6.06. The topological polar surface area (TPSA) is 67.2 Å². The average molecular weight is 362 g/mol. The van der Waals surface area contributed by atoms with Crippen molar-refractivity contribution in [3.63, 3.8) is 0 Å². The number of amides is 1. The zero-order valence-electron chi connectivity index (χ0n) is 15.3. The van der Waals surface area contributed by atoms with Gasteiger partial charge in [-0.1, -0.05) is 30.3 Å². The van der Waals surface area contributed by atoms with Crippen LogP contribution in [0.15, 0.2) is 54.6 Å². The summed E-state index contributed by atoms with van der Waals surface area (Å²) in [5.74, 6) is 0.790. The van der Waals surface area contributed by atoms with E-state index in [-0.39, 0.29) is 5.91 Å². The first-order chi connectivity index (χ1) is 13.2. The second kappa shape index (κ2) is 7.67. The van der Waals surface area contributed by atoms with Crippen molar-refractivity contribution >= 4 is 5.91 Å². The highest BCUT2D eigenvalue weighted by atomic mass is 16.2. The van der Waals surface area contributed by atoms with Crippen molar-refractivity contribution in [2.24, 2.45) is 0 Å². The Kier molecular flexibility index (Phi) is 4.93. The van der Waals surface area contributed by atoms with Gasteiger partial charge in [0.15, 0.2) is 5.82 Å². The van der Waals surface area contributed by atoms with Crippen LogP contribution in [0.3, 0.4) is 0 Å². The highest BCUT2D eigenvalue weighted by Gasteiger charge is 2.22. The molecule has 4 rings (SSSR count). The molecule has 3 aromatic rings. The summed E-state index contributed by atoms with van der Waals surface area (Å²) < 4.78 is 1.65. The zero-order chi connectivity index (χ0) is 18.6. The number of piperazine rings is 1. The van der Waals surface area contributed by atoms with Gasteiger partial charge in [-0.15, -0.1) is 5.10 Å². The number of aromatic nitrogens is 4. The van der Waals surface area contributed by atoms with E-state index in [9.17, 15) is 4.79 Å². The first kappa shape index (κ1) is 17.4. The second-order valence-corrected chi connectivity index (χ2v) is 6.74. The summed E-state index contributed by atoms with van der Waals surface area (Å²) in [7, 11) is 0. The molecule has 1 aromatic heterocycles. The molecule has 7 heteroatoms. The van der Waals surface area contributed by atoms with Gasteiger partial charge in [0.05, 0.1) is 5.69 Å². The Hall–Kier alpha value is -3.06. The number of hydrogen-bond donors (Lipinski definition) is 0. The molecule has 0 spiro atoms. The molecule has 0 aliphatic carbocycles.